The highest BCUT2D eigenvalue weighted by Crippen LogP contribution is 2.29. The quantitative estimate of drug-likeness (QED) is 0.905. The molecule has 1 aliphatic heterocycles. The van der Waals surface area contributed by atoms with Crippen molar-refractivity contribution in [1.82, 2.24) is 5.32 Å². The monoisotopic (exact) mass is 263 g/mol. The van der Waals surface area contributed by atoms with E-state index in [1.807, 2.05) is 25.1 Å². The minimum Gasteiger partial charge on any atom is -0.493 e. The van der Waals surface area contributed by atoms with Gasteiger partial charge in [0.25, 0.3) is 0 Å². The van der Waals surface area contributed by atoms with E-state index in [1.54, 1.807) is 0 Å². The van der Waals surface area contributed by atoms with Gasteiger partial charge in [0.05, 0.1) is 12.7 Å². The fourth-order valence-electron chi connectivity index (χ4n) is 2.56. The molecule has 2 rings (SSSR count). The molecule has 0 bridgehead atoms. The van der Waals surface area contributed by atoms with E-state index in [-0.39, 0.29) is 6.10 Å². The molecule has 3 heteroatoms. The van der Waals surface area contributed by atoms with Gasteiger partial charge < -0.3 is 14.8 Å². The lowest BCUT2D eigenvalue weighted by Crippen LogP contribution is -2.34. The maximum atomic E-state index is 6.01. The summed E-state index contributed by atoms with van der Waals surface area (Å²) in [5.74, 6) is 1.59. The first kappa shape index (κ1) is 14.4. The molecule has 2 unspecified atom stereocenters. The second kappa shape index (κ2) is 6.92. The van der Waals surface area contributed by atoms with Gasteiger partial charge in [-0.05, 0) is 25.3 Å². The predicted octanol–water partition coefficient (Wildman–Crippen LogP) is 3.16. The Balaban J connectivity index is 2.09. The van der Waals surface area contributed by atoms with Crippen LogP contribution in [0.1, 0.15) is 38.9 Å². The Bertz CT molecular complexity index is 392. The van der Waals surface area contributed by atoms with E-state index in [0.717, 1.165) is 30.9 Å². The van der Waals surface area contributed by atoms with E-state index in [4.69, 9.17) is 9.47 Å². The number of nitrogens with one attached hydrogen (secondary N) is 1. The molecule has 0 amide bonds. The molecule has 19 heavy (non-hydrogen) atoms. The Labute approximate surface area is 116 Å². The van der Waals surface area contributed by atoms with Crippen molar-refractivity contribution < 1.29 is 9.47 Å². The van der Waals surface area contributed by atoms with Crippen molar-refractivity contribution in [2.24, 2.45) is 5.92 Å². The summed E-state index contributed by atoms with van der Waals surface area (Å²) >= 11 is 0. The Kier molecular flexibility index (Phi) is 5.23. The van der Waals surface area contributed by atoms with Crippen LogP contribution in [0.4, 0.5) is 0 Å². The lowest BCUT2D eigenvalue weighted by Gasteiger charge is -2.21. The predicted molar refractivity (Wildman–Crippen MR) is 77.5 cm³/mol. The van der Waals surface area contributed by atoms with E-state index in [1.165, 1.54) is 0 Å². The van der Waals surface area contributed by atoms with Gasteiger partial charge in [0.1, 0.15) is 5.75 Å². The zero-order chi connectivity index (χ0) is 13.7. The number of rotatable bonds is 4. The number of hydrogen-bond acceptors (Lipinski definition) is 3. The third kappa shape index (κ3) is 3.71. The first-order chi connectivity index (χ1) is 9.22. The van der Waals surface area contributed by atoms with Gasteiger partial charge >= 0.3 is 0 Å². The van der Waals surface area contributed by atoms with Gasteiger partial charge in [0.2, 0.25) is 0 Å². The summed E-state index contributed by atoms with van der Waals surface area (Å²) in [4.78, 5) is 0. The molecule has 0 aliphatic carbocycles. The van der Waals surface area contributed by atoms with Crippen LogP contribution in [0, 0.1) is 5.92 Å². The van der Waals surface area contributed by atoms with Crippen molar-refractivity contribution in [1.29, 1.82) is 0 Å². The van der Waals surface area contributed by atoms with Gasteiger partial charge in [0.15, 0.2) is 0 Å². The average molecular weight is 263 g/mol. The summed E-state index contributed by atoms with van der Waals surface area (Å²) in [7, 11) is 0. The third-order valence-corrected chi connectivity index (χ3v) is 3.68. The van der Waals surface area contributed by atoms with Crippen LogP contribution in [0.2, 0.25) is 0 Å². The highest BCUT2D eigenvalue weighted by Gasteiger charge is 2.23. The summed E-state index contributed by atoms with van der Waals surface area (Å²) in [6.45, 7) is 8.87. The first-order valence-corrected chi connectivity index (χ1v) is 7.29. The van der Waals surface area contributed by atoms with E-state index >= 15 is 0 Å². The zero-order valence-corrected chi connectivity index (χ0v) is 12.2. The topological polar surface area (TPSA) is 30.5 Å². The maximum absolute atomic E-state index is 6.01. The van der Waals surface area contributed by atoms with Gasteiger partial charge in [-0.2, -0.15) is 0 Å². The Morgan fingerprint density at radius 2 is 2.16 bits per heavy atom. The molecule has 106 valence electrons. The lowest BCUT2D eigenvalue weighted by atomic mass is 10.0. The van der Waals surface area contributed by atoms with Crippen LogP contribution in [0.3, 0.4) is 0 Å². The van der Waals surface area contributed by atoms with Crippen molar-refractivity contribution in [2.45, 2.75) is 39.3 Å². The van der Waals surface area contributed by atoms with Crippen LogP contribution in [0.25, 0.3) is 0 Å². The number of para-hydroxylation sites is 1. The van der Waals surface area contributed by atoms with Crippen LogP contribution in [-0.2, 0) is 4.74 Å². The van der Waals surface area contributed by atoms with E-state index in [0.29, 0.717) is 18.6 Å². The highest BCUT2D eigenvalue weighted by atomic mass is 16.5. The van der Waals surface area contributed by atoms with Gasteiger partial charge in [-0.25, -0.2) is 0 Å². The standard InChI is InChI=1S/C16H25NO2/c1-4-18-15-8-6-5-7-13(15)16-11-17-14(12(2)3)9-10-19-16/h5-8,12,14,16-17H,4,9-11H2,1-3H3. The van der Waals surface area contributed by atoms with Crippen molar-refractivity contribution in [3.8, 4) is 5.75 Å². The second-order valence-electron chi connectivity index (χ2n) is 5.38. The molecule has 3 nitrogen and oxygen atoms in total. The average Bonchev–Trinajstić information content (AvgIpc) is 2.65. The van der Waals surface area contributed by atoms with E-state index < -0.39 is 0 Å². The van der Waals surface area contributed by atoms with Gasteiger partial charge in [-0.1, -0.05) is 32.0 Å². The molecule has 1 N–H and O–H groups in total. The third-order valence-electron chi connectivity index (χ3n) is 3.68. The maximum Gasteiger partial charge on any atom is 0.125 e. The van der Waals surface area contributed by atoms with Crippen molar-refractivity contribution in [3.05, 3.63) is 29.8 Å². The molecule has 2 atom stereocenters. The smallest absolute Gasteiger partial charge is 0.125 e. The summed E-state index contributed by atoms with van der Waals surface area (Å²) in [5.41, 5.74) is 1.15. The zero-order valence-electron chi connectivity index (χ0n) is 12.2. The van der Waals surface area contributed by atoms with Crippen LogP contribution >= 0.6 is 0 Å². The fraction of sp³-hybridized carbons (Fsp3) is 0.625. The molecular weight excluding hydrogens is 238 g/mol. The van der Waals surface area contributed by atoms with E-state index in [9.17, 15) is 0 Å². The SMILES string of the molecule is CCOc1ccccc1C1CNC(C(C)C)CCO1. The van der Waals surface area contributed by atoms with Crippen molar-refractivity contribution in [3.63, 3.8) is 0 Å². The summed E-state index contributed by atoms with van der Waals surface area (Å²) < 4.78 is 11.7. The Morgan fingerprint density at radius 1 is 1.37 bits per heavy atom. The molecule has 1 saturated heterocycles. The lowest BCUT2D eigenvalue weighted by molar-refractivity contribution is 0.0639. The van der Waals surface area contributed by atoms with Gasteiger partial charge in [-0.15, -0.1) is 0 Å². The molecular formula is C16H25NO2. The fourth-order valence-corrected chi connectivity index (χ4v) is 2.56. The number of hydrogen-bond donors (Lipinski definition) is 1. The van der Waals surface area contributed by atoms with E-state index in [2.05, 4.69) is 25.2 Å². The van der Waals surface area contributed by atoms with Gasteiger partial charge in [0, 0.05) is 24.8 Å². The largest absolute Gasteiger partial charge is 0.493 e. The van der Waals surface area contributed by atoms with Crippen molar-refractivity contribution in [2.75, 3.05) is 19.8 Å². The van der Waals surface area contributed by atoms with Crippen molar-refractivity contribution >= 4 is 0 Å². The molecule has 1 aromatic rings. The molecule has 0 aromatic heterocycles. The highest BCUT2D eigenvalue weighted by molar-refractivity contribution is 5.35. The second-order valence-corrected chi connectivity index (χ2v) is 5.38. The Morgan fingerprint density at radius 3 is 2.89 bits per heavy atom. The summed E-state index contributed by atoms with van der Waals surface area (Å²) in [6, 6.07) is 8.73. The van der Waals surface area contributed by atoms with Crippen LogP contribution < -0.4 is 10.1 Å². The molecule has 0 saturated carbocycles. The minimum absolute atomic E-state index is 0.0894. The number of benzene rings is 1. The summed E-state index contributed by atoms with van der Waals surface area (Å²) in [5, 5.41) is 3.62. The molecule has 1 aromatic carbocycles. The molecule has 1 aliphatic rings. The first-order valence-electron chi connectivity index (χ1n) is 7.29. The molecule has 0 radical (unpaired) electrons. The van der Waals surface area contributed by atoms with Crippen LogP contribution in [0.15, 0.2) is 24.3 Å². The molecule has 0 spiro atoms. The normalized spacial score (nSPS) is 24.2. The number of ether oxygens (including phenoxy) is 2. The van der Waals surface area contributed by atoms with Gasteiger partial charge in [-0.3, -0.25) is 0 Å². The minimum atomic E-state index is 0.0894. The van der Waals surface area contributed by atoms with Crippen LogP contribution in [0.5, 0.6) is 5.75 Å². The van der Waals surface area contributed by atoms with Crippen LogP contribution in [-0.4, -0.2) is 25.8 Å². The summed E-state index contributed by atoms with van der Waals surface area (Å²) in [6.07, 6.45) is 1.16. The Hall–Kier alpha value is -1.06. The molecule has 1 fully saturated rings. The molecule has 1 heterocycles.